The second-order valence-corrected chi connectivity index (χ2v) is 6.63. The zero-order valence-corrected chi connectivity index (χ0v) is 14.6. The summed E-state index contributed by atoms with van der Waals surface area (Å²) in [5.41, 5.74) is 3.30. The van der Waals surface area contributed by atoms with Gasteiger partial charge in [0, 0.05) is 12.0 Å². The van der Waals surface area contributed by atoms with E-state index in [2.05, 4.69) is 53.4 Å². The molecule has 3 aromatic rings. The number of benzene rings is 2. The molecule has 0 aliphatic rings. The molecule has 2 aromatic carbocycles. The Morgan fingerprint density at radius 2 is 1.79 bits per heavy atom. The number of rotatable bonds is 5. The van der Waals surface area contributed by atoms with Crippen LogP contribution in [0.1, 0.15) is 25.0 Å². The van der Waals surface area contributed by atoms with Gasteiger partial charge in [-0.05, 0) is 24.1 Å². The van der Waals surface area contributed by atoms with E-state index in [1.54, 1.807) is 13.4 Å². The van der Waals surface area contributed by atoms with E-state index in [0.29, 0.717) is 0 Å². The molecule has 24 heavy (non-hydrogen) atoms. The molecule has 0 fully saturated rings. The standard InChI is InChI=1S/C20H23N3O/c1-14-10-11-16(24-4)17-18(14)22-13-23-19(17)21-12-20(2,3)15-8-6-5-7-9-15/h5-11,13H,12H2,1-4H3,(H,21,22,23). The van der Waals surface area contributed by atoms with Crippen LogP contribution in [0.4, 0.5) is 5.82 Å². The van der Waals surface area contributed by atoms with Gasteiger partial charge >= 0.3 is 0 Å². The first-order chi connectivity index (χ1) is 11.5. The Hall–Kier alpha value is -2.62. The molecular formula is C20H23N3O. The molecule has 4 nitrogen and oxygen atoms in total. The average Bonchev–Trinajstić information content (AvgIpc) is 2.61. The maximum absolute atomic E-state index is 5.52. The van der Waals surface area contributed by atoms with E-state index in [9.17, 15) is 0 Å². The summed E-state index contributed by atoms with van der Waals surface area (Å²) in [5.74, 6) is 1.60. The molecule has 1 heterocycles. The lowest BCUT2D eigenvalue weighted by Gasteiger charge is -2.26. The molecule has 0 aliphatic heterocycles. The number of hydrogen-bond acceptors (Lipinski definition) is 4. The van der Waals surface area contributed by atoms with Crippen molar-refractivity contribution in [1.82, 2.24) is 9.97 Å². The minimum atomic E-state index is -0.0183. The molecule has 3 rings (SSSR count). The van der Waals surface area contributed by atoms with E-state index in [4.69, 9.17) is 4.74 Å². The van der Waals surface area contributed by atoms with Crippen LogP contribution >= 0.6 is 0 Å². The predicted molar refractivity (Wildman–Crippen MR) is 98.8 cm³/mol. The fourth-order valence-electron chi connectivity index (χ4n) is 2.88. The van der Waals surface area contributed by atoms with E-state index in [0.717, 1.165) is 34.6 Å². The van der Waals surface area contributed by atoms with Gasteiger partial charge in [0.05, 0.1) is 18.0 Å². The summed E-state index contributed by atoms with van der Waals surface area (Å²) in [6, 6.07) is 14.5. The van der Waals surface area contributed by atoms with E-state index < -0.39 is 0 Å². The van der Waals surface area contributed by atoms with Gasteiger partial charge in [0.25, 0.3) is 0 Å². The lowest BCUT2D eigenvalue weighted by Crippen LogP contribution is -2.28. The average molecular weight is 321 g/mol. The Morgan fingerprint density at radius 3 is 2.50 bits per heavy atom. The van der Waals surface area contributed by atoms with Crippen molar-refractivity contribution >= 4 is 16.7 Å². The number of fused-ring (bicyclic) bond motifs is 1. The second-order valence-electron chi connectivity index (χ2n) is 6.63. The highest BCUT2D eigenvalue weighted by Gasteiger charge is 2.21. The third-order valence-corrected chi connectivity index (χ3v) is 4.42. The molecule has 0 saturated heterocycles. The topological polar surface area (TPSA) is 47.0 Å². The zero-order valence-electron chi connectivity index (χ0n) is 14.6. The van der Waals surface area contributed by atoms with Gasteiger partial charge in [-0.1, -0.05) is 50.2 Å². The molecule has 0 amide bonds. The molecule has 124 valence electrons. The predicted octanol–water partition coefficient (Wildman–Crippen LogP) is 4.34. The summed E-state index contributed by atoms with van der Waals surface area (Å²) < 4.78 is 5.52. The van der Waals surface area contributed by atoms with Gasteiger partial charge in [-0.25, -0.2) is 9.97 Å². The monoisotopic (exact) mass is 321 g/mol. The summed E-state index contributed by atoms with van der Waals surface area (Å²) in [6.45, 7) is 7.26. The van der Waals surface area contributed by atoms with Crippen LogP contribution in [0, 0.1) is 6.92 Å². The Bertz CT molecular complexity index is 844. The van der Waals surface area contributed by atoms with Crippen LogP contribution in [0.5, 0.6) is 5.75 Å². The van der Waals surface area contributed by atoms with Crippen LogP contribution in [0.15, 0.2) is 48.8 Å². The lowest BCUT2D eigenvalue weighted by molar-refractivity contribution is 0.419. The number of methoxy groups -OCH3 is 1. The van der Waals surface area contributed by atoms with Crippen LogP contribution < -0.4 is 10.1 Å². The van der Waals surface area contributed by atoms with Crippen molar-refractivity contribution in [3.8, 4) is 5.75 Å². The largest absolute Gasteiger partial charge is 0.496 e. The third kappa shape index (κ3) is 3.04. The maximum Gasteiger partial charge on any atom is 0.141 e. The number of nitrogens with one attached hydrogen (secondary N) is 1. The first-order valence-electron chi connectivity index (χ1n) is 8.10. The summed E-state index contributed by atoms with van der Waals surface area (Å²) in [6.07, 6.45) is 1.60. The highest BCUT2D eigenvalue weighted by molar-refractivity contribution is 5.96. The SMILES string of the molecule is COc1ccc(C)c2ncnc(NCC(C)(C)c3ccccc3)c12. The van der Waals surface area contributed by atoms with E-state index in [1.165, 1.54) is 5.56 Å². The fourth-order valence-corrected chi connectivity index (χ4v) is 2.88. The molecule has 0 radical (unpaired) electrons. The molecule has 4 heteroatoms. The van der Waals surface area contributed by atoms with Crippen molar-refractivity contribution in [3.63, 3.8) is 0 Å². The van der Waals surface area contributed by atoms with Gasteiger partial charge < -0.3 is 10.1 Å². The van der Waals surface area contributed by atoms with Crippen molar-refractivity contribution in [2.45, 2.75) is 26.2 Å². The van der Waals surface area contributed by atoms with Gasteiger partial charge in [0.2, 0.25) is 0 Å². The van der Waals surface area contributed by atoms with Gasteiger partial charge in [0.15, 0.2) is 0 Å². The lowest BCUT2D eigenvalue weighted by atomic mass is 9.84. The highest BCUT2D eigenvalue weighted by atomic mass is 16.5. The van der Waals surface area contributed by atoms with Gasteiger partial charge in [-0.2, -0.15) is 0 Å². The first kappa shape index (κ1) is 16.2. The molecule has 0 unspecified atom stereocenters. The molecule has 1 aromatic heterocycles. The van der Waals surface area contributed by atoms with E-state index in [-0.39, 0.29) is 5.41 Å². The Kier molecular flexibility index (Phi) is 4.38. The van der Waals surface area contributed by atoms with Crippen molar-refractivity contribution < 1.29 is 4.74 Å². The number of ether oxygens (including phenoxy) is 1. The maximum atomic E-state index is 5.52. The normalized spacial score (nSPS) is 11.5. The van der Waals surface area contributed by atoms with Crippen molar-refractivity contribution in [1.29, 1.82) is 0 Å². The molecular weight excluding hydrogens is 298 g/mol. The zero-order chi connectivity index (χ0) is 17.2. The molecule has 0 spiro atoms. The fraction of sp³-hybridized carbons (Fsp3) is 0.300. The van der Waals surface area contributed by atoms with E-state index >= 15 is 0 Å². The van der Waals surface area contributed by atoms with Crippen LogP contribution in [-0.2, 0) is 5.41 Å². The number of nitrogens with zero attached hydrogens (tertiary/aromatic N) is 2. The number of aromatic nitrogens is 2. The summed E-state index contributed by atoms with van der Waals surface area (Å²) in [5, 5.41) is 4.43. The third-order valence-electron chi connectivity index (χ3n) is 4.42. The molecule has 0 saturated carbocycles. The Balaban J connectivity index is 1.95. The van der Waals surface area contributed by atoms with Gasteiger partial charge in [-0.3, -0.25) is 0 Å². The van der Waals surface area contributed by atoms with E-state index in [1.807, 2.05) is 25.1 Å². The number of aryl methyl sites for hydroxylation is 1. The molecule has 0 bridgehead atoms. The van der Waals surface area contributed by atoms with Gasteiger partial charge in [-0.15, -0.1) is 0 Å². The molecule has 0 atom stereocenters. The Labute approximate surface area is 142 Å². The highest BCUT2D eigenvalue weighted by Crippen LogP contribution is 2.32. The summed E-state index contributed by atoms with van der Waals surface area (Å²) >= 11 is 0. The molecule has 0 aliphatic carbocycles. The Morgan fingerprint density at radius 1 is 1.04 bits per heavy atom. The van der Waals surface area contributed by atoms with Crippen molar-refractivity contribution in [3.05, 3.63) is 59.9 Å². The summed E-state index contributed by atoms with van der Waals surface area (Å²) in [4.78, 5) is 8.87. The minimum Gasteiger partial charge on any atom is -0.496 e. The quantitative estimate of drug-likeness (QED) is 0.759. The molecule has 1 N–H and O–H groups in total. The summed E-state index contributed by atoms with van der Waals surface area (Å²) in [7, 11) is 1.68. The van der Waals surface area contributed by atoms with Crippen molar-refractivity contribution in [2.24, 2.45) is 0 Å². The minimum absolute atomic E-state index is 0.0183. The van der Waals surface area contributed by atoms with Crippen molar-refractivity contribution in [2.75, 3.05) is 19.0 Å². The number of hydrogen-bond donors (Lipinski definition) is 1. The second kappa shape index (κ2) is 6.48. The van der Waals surface area contributed by atoms with Crippen LogP contribution in [0.2, 0.25) is 0 Å². The van der Waals surface area contributed by atoms with Crippen LogP contribution in [-0.4, -0.2) is 23.6 Å². The first-order valence-corrected chi connectivity index (χ1v) is 8.10. The smallest absolute Gasteiger partial charge is 0.141 e. The van der Waals surface area contributed by atoms with Crippen LogP contribution in [0.3, 0.4) is 0 Å². The number of anilines is 1. The van der Waals surface area contributed by atoms with Crippen LogP contribution in [0.25, 0.3) is 10.9 Å². The van der Waals surface area contributed by atoms with Gasteiger partial charge in [0.1, 0.15) is 17.9 Å².